The van der Waals surface area contributed by atoms with Crippen molar-refractivity contribution in [2.75, 3.05) is 16.8 Å². The Bertz CT molecular complexity index is 676. The molecule has 0 saturated carbocycles. The van der Waals surface area contributed by atoms with Gasteiger partial charge in [-0.25, -0.2) is 4.98 Å². The smallest absolute Gasteiger partial charge is 0.249 e. The molecule has 0 saturated heterocycles. The molecule has 1 amide bonds. The first-order valence-electron chi connectivity index (χ1n) is 6.78. The molecule has 6 heteroatoms. The van der Waals surface area contributed by atoms with E-state index in [0.29, 0.717) is 17.5 Å². The molecule has 1 N–H and O–H groups in total. The second-order valence-corrected chi connectivity index (χ2v) is 5.35. The van der Waals surface area contributed by atoms with E-state index in [1.54, 1.807) is 6.20 Å². The molecule has 2 aromatic rings. The first-order valence-corrected chi connectivity index (χ1v) is 7.16. The maximum Gasteiger partial charge on any atom is 0.249 e. The van der Waals surface area contributed by atoms with Crippen molar-refractivity contribution in [3.63, 3.8) is 0 Å². The van der Waals surface area contributed by atoms with Crippen LogP contribution in [0.3, 0.4) is 0 Å². The number of amides is 1. The summed E-state index contributed by atoms with van der Waals surface area (Å²) in [4.78, 5) is 22.4. The van der Waals surface area contributed by atoms with Gasteiger partial charge in [0.1, 0.15) is 17.0 Å². The molecule has 0 spiro atoms. The summed E-state index contributed by atoms with van der Waals surface area (Å²) in [6, 6.07) is 7.58. The van der Waals surface area contributed by atoms with Crippen LogP contribution in [0, 0.1) is 0 Å². The SMILES string of the molecule is CC(Nc1cncc(Cl)n1)C(=O)N1CCc2ccccc21. The van der Waals surface area contributed by atoms with Gasteiger partial charge in [0.05, 0.1) is 12.4 Å². The zero-order valence-electron chi connectivity index (χ0n) is 11.6. The summed E-state index contributed by atoms with van der Waals surface area (Å²) in [7, 11) is 0. The molecule has 108 valence electrons. The van der Waals surface area contributed by atoms with Crippen LogP contribution in [0.4, 0.5) is 11.5 Å². The highest BCUT2D eigenvalue weighted by Crippen LogP contribution is 2.28. The van der Waals surface area contributed by atoms with Gasteiger partial charge in [-0.15, -0.1) is 0 Å². The van der Waals surface area contributed by atoms with Crippen molar-refractivity contribution in [1.29, 1.82) is 0 Å². The molecular formula is C15H15ClN4O. The number of aromatic nitrogens is 2. The molecule has 1 atom stereocenters. The van der Waals surface area contributed by atoms with Crippen molar-refractivity contribution >= 4 is 29.0 Å². The summed E-state index contributed by atoms with van der Waals surface area (Å²) in [6.07, 6.45) is 3.90. The van der Waals surface area contributed by atoms with Crippen LogP contribution in [0.15, 0.2) is 36.7 Å². The number of hydrogen-bond acceptors (Lipinski definition) is 4. The molecule has 0 bridgehead atoms. The standard InChI is InChI=1S/C15H15ClN4O/c1-10(18-14-9-17-8-13(16)19-14)15(21)20-7-6-11-4-2-3-5-12(11)20/h2-5,8-10H,6-7H2,1H3,(H,18,19). The molecule has 2 heterocycles. The zero-order valence-corrected chi connectivity index (χ0v) is 12.3. The lowest BCUT2D eigenvalue weighted by atomic mass is 10.2. The van der Waals surface area contributed by atoms with Gasteiger partial charge in [0.15, 0.2) is 0 Å². The lowest BCUT2D eigenvalue weighted by Gasteiger charge is -2.22. The first-order chi connectivity index (χ1) is 10.1. The summed E-state index contributed by atoms with van der Waals surface area (Å²) >= 11 is 5.79. The average molecular weight is 303 g/mol. The van der Waals surface area contributed by atoms with Crippen LogP contribution in [-0.4, -0.2) is 28.5 Å². The Hall–Kier alpha value is -2.14. The number of carbonyl (C=O) groups is 1. The number of rotatable bonds is 3. The molecule has 1 unspecified atom stereocenters. The maximum atomic E-state index is 12.6. The van der Waals surface area contributed by atoms with Gasteiger partial charge in [-0.1, -0.05) is 29.8 Å². The molecule has 1 aromatic heterocycles. The summed E-state index contributed by atoms with van der Waals surface area (Å²) in [5.41, 5.74) is 2.20. The van der Waals surface area contributed by atoms with Gasteiger partial charge in [0.25, 0.3) is 0 Å². The van der Waals surface area contributed by atoms with Gasteiger partial charge in [0, 0.05) is 12.2 Å². The number of carbonyl (C=O) groups excluding carboxylic acids is 1. The van der Waals surface area contributed by atoms with Crippen LogP contribution in [0.5, 0.6) is 0 Å². The second kappa shape index (κ2) is 5.69. The Labute approximate surface area is 128 Å². The van der Waals surface area contributed by atoms with Crippen LogP contribution >= 0.6 is 11.6 Å². The minimum Gasteiger partial charge on any atom is -0.357 e. The van der Waals surface area contributed by atoms with Crippen LogP contribution in [0.2, 0.25) is 5.15 Å². The number of fused-ring (bicyclic) bond motifs is 1. The largest absolute Gasteiger partial charge is 0.357 e. The third-order valence-corrected chi connectivity index (χ3v) is 3.68. The van der Waals surface area contributed by atoms with E-state index in [4.69, 9.17) is 11.6 Å². The number of nitrogens with one attached hydrogen (secondary N) is 1. The van der Waals surface area contributed by atoms with E-state index in [9.17, 15) is 4.79 Å². The number of anilines is 2. The van der Waals surface area contributed by atoms with Gasteiger partial charge in [-0.05, 0) is 25.0 Å². The number of halogens is 1. The number of nitrogens with zero attached hydrogens (tertiary/aromatic N) is 3. The van der Waals surface area contributed by atoms with Crippen molar-refractivity contribution in [2.24, 2.45) is 0 Å². The Morgan fingerprint density at radius 3 is 3.00 bits per heavy atom. The topological polar surface area (TPSA) is 58.1 Å². The summed E-state index contributed by atoms with van der Waals surface area (Å²) < 4.78 is 0. The summed E-state index contributed by atoms with van der Waals surface area (Å²) in [6.45, 7) is 2.53. The van der Waals surface area contributed by atoms with Crippen LogP contribution in [0.25, 0.3) is 0 Å². The van der Waals surface area contributed by atoms with Crippen LogP contribution in [-0.2, 0) is 11.2 Å². The summed E-state index contributed by atoms with van der Waals surface area (Å²) in [5.74, 6) is 0.512. The molecule has 0 radical (unpaired) electrons. The van der Waals surface area contributed by atoms with Gasteiger partial charge in [0.2, 0.25) is 5.91 Å². The van der Waals surface area contributed by atoms with Gasteiger partial charge >= 0.3 is 0 Å². The fraction of sp³-hybridized carbons (Fsp3) is 0.267. The molecule has 21 heavy (non-hydrogen) atoms. The molecule has 3 rings (SSSR count). The lowest BCUT2D eigenvalue weighted by molar-refractivity contribution is -0.118. The highest BCUT2D eigenvalue weighted by Gasteiger charge is 2.27. The Morgan fingerprint density at radius 2 is 2.19 bits per heavy atom. The normalized spacial score (nSPS) is 14.7. The van der Waals surface area contributed by atoms with E-state index in [-0.39, 0.29) is 5.91 Å². The molecule has 0 fully saturated rings. The number of hydrogen-bond donors (Lipinski definition) is 1. The molecule has 0 aliphatic carbocycles. The van der Waals surface area contributed by atoms with Gasteiger partial charge in [-0.2, -0.15) is 0 Å². The van der Waals surface area contributed by atoms with Crippen molar-refractivity contribution in [3.05, 3.63) is 47.4 Å². The molecule has 1 aliphatic heterocycles. The van der Waals surface area contributed by atoms with Crippen molar-refractivity contribution in [1.82, 2.24) is 9.97 Å². The molecule has 1 aromatic carbocycles. The quantitative estimate of drug-likeness (QED) is 0.946. The van der Waals surface area contributed by atoms with Crippen LogP contribution < -0.4 is 10.2 Å². The predicted molar refractivity (Wildman–Crippen MR) is 82.6 cm³/mol. The third-order valence-electron chi connectivity index (χ3n) is 3.49. The highest BCUT2D eigenvalue weighted by molar-refractivity contribution is 6.29. The molecular weight excluding hydrogens is 288 g/mol. The molecule has 1 aliphatic rings. The summed E-state index contributed by atoms with van der Waals surface area (Å²) in [5, 5.41) is 3.34. The predicted octanol–water partition coefficient (Wildman–Crippen LogP) is 2.52. The van der Waals surface area contributed by atoms with E-state index in [0.717, 1.165) is 12.1 Å². The van der Waals surface area contributed by atoms with Crippen LogP contribution in [0.1, 0.15) is 12.5 Å². The maximum absolute atomic E-state index is 12.6. The number of benzene rings is 1. The lowest BCUT2D eigenvalue weighted by Crippen LogP contribution is -2.40. The van der Waals surface area contributed by atoms with Crippen molar-refractivity contribution < 1.29 is 4.79 Å². The number of para-hydroxylation sites is 1. The average Bonchev–Trinajstić information content (AvgIpc) is 2.90. The second-order valence-electron chi connectivity index (χ2n) is 4.96. The van der Waals surface area contributed by atoms with E-state index in [1.807, 2.05) is 30.0 Å². The fourth-order valence-corrected chi connectivity index (χ4v) is 2.64. The fourth-order valence-electron chi connectivity index (χ4n) is 2.50. The Morgan fingerprint density at radius 1 is 1.38 bits per heavy atom. The Kier molecular flexibility index (Phi) is 3.75. The monoisotopic (exact) mass is 302 g/mol. The minimum atomic E-state index is -0.399. The van der Waals surface area contributed by atoms with E-state index in [1.165, 1.54) is 11.8 Å². The van der Waals surface area contributed by atoms with Gasteiger partial charge in [-0.3, -0.25) is 9.78 Å². The Balaban J connectivity index is 1.74. The van der Waals surface area contributed by atoms with Gasteiger partial charge < -0.3 is 10.2 Å². The van der Waals surface area contributed by atoms with Crippen molar-refractivity contribution in [2.45, 2.75) is 19.4 Å². The highest BCUT2D eigenvalue weighted by atomic mass is 35.5. The van der Waals surface area contributed by atoms with E-state index in [2.05, 4.69) is 21.4 Å². The third kappa shape index (κ3) is 2.83. The zero-order chi connectivity index (χ0) is 14.8. The van der Waals surface area contributed by atoms with Crippen molar-refractivity contribution in [3.8, 4) is 0 Å². The van der Waals surface area contributed by atoms with E-state index >= 15 is 0 Å². The minimum absolute atomic E-state index is 0.0155. The molecule has 5 nitrogen and oxygen atoms in total. The van der Waals surface area contributed by atoms with E-state index < -0.39 is 6.04 Å². The first kappa shape index (κ1) is 13.8.